The zero-order valence-electron chi connectivity index (χ0n) is 17.5. The van der Waals surface area contributed by atoms with E-state index >= 15 is 0 Å². The molecule has 0 bridgehead atoms. The Labute approximate surface area is 180 Å². The van der Waals surface area contributed by atoms with Crippen LogP contribution in [0.1, 0.15) is 52.5 Å². The number of hydrogen-bond acceptors (Lipinski definition) is 3. The molecule has 1 heterocycles. The lowest BCUT2D eigenvalue weighted by Gasteiger charge is -2.43. The van der Waals surface area contributed by atoms with E-state index in [0.717, 1.165) is 21.4 Å². The van der Waals surface area contributed by atoms with Gasteiger partial charge >= 0.3 is 6.03 Å². The van der Waals surface area contributed by atoms with Gasteiger partial charge in [-0.15, -0.1) is 0 Å². The Kier molecular flexibility index (Phi) is 6.08. The van der Waals surface area contributed by atoms with Gasteiger partial charge in [-0.05, 0) is 61.6 Å². The molecule has 29 heavy (non-hydrogen) atoms. The van der Waals surface area contributed by atoms with Crippen molar-refractivity contribution >= 4 is 33.8 Å². The van der Waals surface area contributed by atoms with Gasteiger partial charge in [0.2, 0.25) is 5.91 Å². The molecule has 0 radical (unpaired) electrons. The zero-order valence-corrected chi connectivity index (χ0v) is 19.1. The number of carbonyl (C=O) groups excluding carboxylic acids is 3. The van der Waals surface area contributed by atoms with Crippen molar-refractivity contribution in [3.05, 3.63) is 34.3 Å². The first-order valence-electron chi connectivity index (χ1n) is 10.2. The van der Waals surface area contributed by atoms with Crippen molar-refractivity contribution in [3.8, 4) is 0 Å². The van der Waals surface area contributed by atoms with E-state index in [1.54, 1.807) is 0 Å². The topological polar surface area (TPSA) is 78.5 Å². The summed E-state index contributed by atoms with van der Waals surface area (Å²) in [4.78, 5) is 39.3. The van der Waals surface area contributed by atoms with Crippen LogP contribution in [0.3, 0.4) is 0 Å². The fourth-order valence-corrected chi connectivity index (χ4v) is 5.40. The van der Waals surface area contributed by atoms with Crippen LogP contribution in [-0.2, 0) is 16.0 Å². The second-order valence-corrected chi connectivity index (χ2v) is 10.5. The normalized spacial score (nSPS) is 27.1. The van der Waals surface area contributed by atoms with Crippen LogP contribution < -0.4 is 10.6 Å². The summed E-state index contributed by atoms with van der Waals surface area (Å²) in [5, 5.41) is 5.81. The van der Waals surface area contributed by atoms with Crippen LogP contribution in [0.4, 0.5) is 4.79 Å². The summed E-state index contributed by atoms with van der Waals surface area (Å²) < 4.78 is 1.01. The summed E-state index contributed by atoms with van der Waals surface area (Å²) in [7, 11) is 0. The number of nitrogens with zero attached hydrogens (tertiary/aromatic N) is 1. The maximum absolute atomic E-state index is 13.1. The highest BCUT2D eigenvalue weighted by atomic mass is 79.9. The minimum Gasteiger partial charge on any atom is -0.352 e. The molecule has 6 nitrogen and oxygen atoms in total. The van der Waals surface area contributed by atoms with Crippen LogP contribution >= 0.6 is 15.9 Å². The van der Waals surface area contributed by atoms with Gasteiger partial charge in [0.1, 0.15) is 12.1 Å². The molecule has 1 aliphatic heterocycles. The van der Waals surface area contributed by atoms with Crippen molar-refractivity contribution in [3.63, 3.8) is 0 Å². The van der Waals surface area contributed by atoms with Crippen molar-refractivity contribution in [2.24, 2.45) is 11.3 Å². The van der Waals surface area contributed by atoms with Gasteiger partial charge in [-0.2, -0.15) is 0 Å². The Morgan fingerprint density at radius 2 is 1.93 bits per heavy atom. The number of imide groups is 1. The van der Waals surface area contributed by atoms with Crippen molar-refractivity contribution in [1.29, 1.82) is 0 Å². The second kappa shape index (κ2) is 8.09. The number of rotatable bonds is 5. The predicted molar refractivity (Wildman–Crippen MR) is 115 cm³/mol. The number of nitrogens with one attached hydrogen (secondary N) is 2. The van der Waals surface area contributed by atoms with Crippen LogP contribution in [0.2, 0.25) is 0 Å². The molecule has 3 atom stereocenters. The molecule has 1 aromatic rings. The lowest BCUT2D eigenvalue weighted by atomic mass is 9.64. The Morgan fingerprint density at radius 3 is 2.55 bits per heavy atom. The smallest absolute Gasteiger partial charge is 0.325 e. The van der Waals surface area contributed by atoms with Crippen molar-refractivity contribution in [1.82, 2.24) is 15.5 Å². The summed E-state index contributed by atoms with van der Waals surface area (Å²) in [6.07, 6.45) is 2.92. The molecule has 2 aliphatic rings. The van der Waals surface area contributed by atoms with Gasteiger partial charge in [0.25, 0.3) is 5.91 Å². The fraction of sp³-hybridized carbons (Fsp3) is 0.591. The standard InChI is InChI=1S/C22H30BrN3O3/c1-14-10-21(3,4)13-22(11-14)19(28)26(20(29)25-22)12-18(27)24-15(2)9-16-5-7-17(23)8-6-16/h5-8,14-15H,9-13H2,1-4H3,(H,24,27)(H,25,29). The molecule has 7 heteroatoms. The minimum absolute atomic E-state index is 0.0297. The molecular weight excluding hydrogens is 434 g/mol. The molecule has 1 saturated carbocycles. The summed E-state index contributed by atoms with van der Waals surface area (Å²) in [5.74, 6) is -0.251. The molecule has 1 spiro atoms. The first-order valence-corrected chi connectivity index (χ1v) is 11.0. The molecule has 4 amide bonds. The number of amides is 4. The predicted octanol–water partition coefficient (Wildman–Crippen LogP) is 3.63. The van der Waals surface area contributed by atoms with Gasteiger partial charge in [0.05, 0.1) is 0 Å². The quantitative estimate of drug-likeness (QED) is 0.654. The van der Waals surface area contributed by atoms with E-state index in [-0.39, 0.29) is 29.8 Å². The van der Waals surface area contributed by atoms with Gasteiger partial charge in [-0.1, -0.05) is 48.8 Å². The second-order valence-electron chi connectivity index (χ2n) is 9.56. The first kappa shape index (κ1) is 21.8. The van der Waals surface area contributed by atoms with Crippen molar-refractivity contribution < 1.29 is 14.4 Å². The molecule has 1 aliphatic carbocycles. The van der Waals surface area contributed by atoms with E-state index in [0.29, 0.717) is 25.2 Å². The SMILES string of the molecule is CC1CC(C)(C)CC2(C1)NC(=O)N(CC(=O)NC(C)Cc1ccc(Br)cc1)C2=O. The van der Waals surface area contributed by atoms with E-state index in [9.17, 15) is 14.4 Å². The molecule has 1 saturated heterocycles. The summed E-state index contributed by atoms with van der Waals surface area (Å²) in [6, 6.07) is 7.36. The monoisotopic (exact) mass is 463 g/mol. The van der Waals surface area contributed by atoms with Crippen LogP contribution in [0.5, 0.6) is 0 Å². The maximum atomic E-state index is 13.1. The summed E-state index contributed by atoms with van der Waals surface area (Å²) >= 11 is 3.41. The van der Waals surface area contributed by atoms with Gasteiger partial charge in [0.15, 0.2) is 0 Å². The molecular formula is C22H30BrN3O3. The van der Waals surface area contributed by atoms with Crippen LogP contribution in [0, 0.1) is 11.3 Å². The van der Waals surface area contributed by atoms with E-state index in [1.165, 1.54) is 0 Å². The lowest BCUT2D eigenvalue weighted by molar-refractivity contribution is -0.137. The third-order valence-corrected chi connectivity index (χ3v) is 6.32. The third kappa shape index (κ3) is 5.00. The van der Waals surface area contributed by atoms with Gasteiger partial charge in [-0.3, -0.25) is 14.5 Å². The molecule has 3 rings (SSSR count). The Morgan fingerprint density at radius 1 is 1.28 bits per heavy atom. The van der Waals surface area contributed by atoms with E-state index < -0.39 is 11.6 Å². The first-order chi connectivity index (χ1) is 13.5. The average molecular weight is 464 g/mol. The Balaban J connectivity index is 1.61. The highest BCUT2D eigenvalue weighted by molar-refractivity contribution is 9.10. The number of hydrogen-bond donors (Lipinski definition) is 2. The van der Waals surface area contributed by atoms with Crippen LogP contribution in [-0.4, -0.2) is 40.9 Å². The Hall–Kier alpha value is -1.89. The van der Waals surface area contributed by atoms with E-state index in [2.05, 4.69) is 47.3 Å². The van der Waals surface area contributed by atoms with Gasteiger partial charge < -0.3 is 10.6 Å². The van der Waals surface area contributed by atoms with Crippen LogP contribution in [0.25, 0.3) is 0 Å². The number of benzene rings is 1. The molecule has 2 fully saturated rings. The third-order valence-electron chi connectivity index (χ3n) is 5.79. The molecule has 1 aromatic carbocycles. The van der Waals surface area contributed by atoms with Gasteiger partial charge in [-0.25, -0.2) is 4.79 Å². The van der Waals surface area contributed by atoms with Gasteiger partial charge in [0, 0.05) is 10.5 Å². The summed E-state index contributed by atoms with van der Waals surface area (Å²) in [5.41, 5.74) is 0.202. The average Bonchev–Trinajstić information content (AvgIpc) is 2.78. The Bertz CT molecular complexity index is 808. The molecule has 158 valence electrons. The summed E-state index contributed by atoms with van der Waals surface area (Å²) in [6.45, 7) is 8.04. The minimum atomic E-state index is -0.873. The molecule has 0 aromatic heterocycles. The highest BCUT2D eigenvalue weighted by Crippen LogP contribution is 2.46. The van der Waals surface area contributed by atoms with Crippen molar-refractivity contribution in [2.75, 3.05) is 6.54 Å². The highest BCUT2D eigenvalue weighted by Gasteiger charge is 2.56. The van der Waals surface area contributed by atoms with Crippen LogP contribution in [0.15, 0.2) is 28.7 Å². The van der Waals surface area contributed by atoms with E-state index in [1.807, 2.05) is 31.2 Å². The molecule has 3 unspecified atom stereocenters. The maximum Gasteiger partial charge on any atom is 0.325 e. The number of halogens is 1. The molecule has 2 N–H and O–H groups in total. The van der Waals surface area contributed by atoms with Crippen molar-refractivity contribution in [2.45, 2.75) is 65.0 Å². The zero-order chi connectivity index (χ0) is 21.4. The van der Waals surface area contributed by atoms with E-state index in [4.69, 9.17) is 0 Å². The lowest BCUT2D eigenvalue weighted by Crippen LogP contribution is -2.54. The number of carbonyl (C=O) groups is 3. The number of urea groups is 1. The fourth-order valence-electron chi connectivity index (χ4n) is 5.14. The largest absolute Gasteiger partial charge is 0.352 e.